The number of ether oxygens (including phenoxy) is 4. The minimum atomic E-state index is -4.95. The topological polar surface area (TPSA) is 123 Å². The number of halogens is 4. The molecule has 34 heavy (non-hydrogen) atoms. The van der Waals surface area contributed by atoms with Crippen LogP contribution in [-0.2, 0) is 23.8 Å². The number of hydrogen-bond donors (Lipinski definition) is 0. The molecule has 1 aromatic rings. The van der Waals surface area contributed by atoms with Crippen molar-refractivity contribution >= 4 is 29.8 Å². The van der Waals surface area contributed by atoms with Gasteiger partial charge in [-0.25, -0.2) is 9.59 Å². The van der Waals surface area contributed by atoms with Crippen molar-refractivity contribution < 1.29 is 51.6 Å². The van der Waals surface area contributed by atoms with E-state index in [-0.39, 0.29) is 24.3 Å². The number of rotatable bonds is 8. The fourth-order valence-electron chi connectivity index (χ4n) is 2.97. The highest BCUT2D eigenvalue weighted by molar-refractivity contribution is 6.32. The average molecular weight is 512 g/mol. The molecule has 1 aliphatic rings. The van der Waals surface area contributed by atoms with Gasteiger partial charge in [0.05, 0.1) is 12.2 Å². The van der Waals surface area contributed by atoms with Crippen molar-refractivity contribution in [3.05, 3.63) is 43.5 Å². The molecule has 188 valence electrons. The summed E-state index contributed by atoms with van der Waals surface area (Å²) in [5.74, 6) is -1.53. The van der Waals surface area contributed by atoms with Gasteiger partial charge in [-0.1, -0.05) is 11.6 Å². The first-order valence-corrected chi connectivity index (χ1v) is 10.2. The van der Waals surface area contributed by atoms with E-state index in [9.17, 15) is 32.9 Å². The van der Waals surface area contributed by atoms with E-state index >= 15 is 0 Å². The van der Waals surface area contributed by atoms with Crippen LogP contribution in [0, 0.1) is 24.0 Å². The molecular formula is C20H21ClF3NO9. The molecule has 3 atom stereocenters. The molecule has 10 nitrogen and oxygen atoms in total. The van der Waals surface area contributed by atoms with Gasteiger partial charge in [-0.3, -0.25) is 0 Å². The zero-order valence-corrected chi connectivity index (χ0v) is 19.2. The minimum Gasteiger partial charge on any atom is -0.475 e. The molecule has 2 rings (SSSR count). The van der Waals surface area contributed by atoms with E-state index in [4.69, 9.17) is 30.5 Å². The smallest absolute Gasteiger partial charge is 0.475 e. The van der Waals surface area contributed by atoms with E-state index in [2.05, 4.69) is 4.84 Å². The van der Waals surface area contributed by atoms with E-state index in [0.717, 1.165) is 13.0 Å². The van der Waals surface area contributed by atoms with Crippen LogP contribution in [0.5, 0.6) is 5.75 Å². The van der Waals surface area contributed by atoms with Crippen LogP contribution in [0.2, 0.25) is 5.02 Å². The maximum Gasteiger partial charge on any atom is 0.511 e. The lowest BCUT2D eigenvalue weighted by molar-refractivity contribution is -0.758. The van der Waals surface area contributed by atoms with Gasteiger partial charge in [0.25, 0.3) is 5.09 Å². The number of fused-ring (bicyclic) bond motifs is 1. The lowest BCUT2D eigenvalue weighted by Gasteiger charge is -2.29. The Morgan fingerprint density at radius 1 is 1.24 bits per heavy atom. The van der Waals surface area contributed by atoms with E-state index in [1.165, 1.54) is 13.0 Å². The first-order valence-electron chi connectivity index (χ1n) is 9.80. The van der Waals surface area contributed by atoms with Crippen molar-refractivity contribution in [3.8, 4) is 5.75 Å². The second kappa shape index (κ2) is 10.8. The Morgan fingerprint density at radius 2 is 1.88 bits per heavy atom. The number of nitrogens with zero attached hydrogens (tertiary/aromatic N) is 1. The highest BCUT2D eigenvalue weighted by Gasteiger charge is 2.49. The molecule has 1 heterocycles. The molecule has 0 radical (unpaired) electrons. The molecule has 0 amide bonds. The predicted octanol–water partition coefficient (Wildman–Crippen LogP) is 4.69. The summed E-state index contributed by atoms with van der Waals surface area (Å²) in [6, 6.07) is 1.33. The van der Waals surface area contributed by atoms with Crippen molar-refractivity contribution in [2.75, 3.05) is 6.61 Å². The van der Waals surface area contributed by atoms with E-state index in [1.54, 1.807) is 13.8 Å². The second-order valence-corrected chi connectivity index (χ2v) is 7.68. The molecule has 0 fully saturated rings. The highest BCUT2D eigenvalue weighted by atomic mass is 35.5. The summed E-state index contributed by atoms with van der Waals surface area (Å²) in [6.07, 6.45) is -10.4. The maximum absolute atomic E-state index is 13.6. The van der Waals surface area contributed by atoms with Gasteiger partial charge in [-0.15, -0.1) is 10.1 Å². The van der Waals surface area contributed by atoms with Crippen LogP contribution >= 0.6 is 11.6 Å². The van der Waals surface area contributed by atoms with Gasteiger partial charge in [-0.2, -0.15) is 13.2 Å². The van der Waals surface area contributed by atoms with Crippen LogP contribution < -0.4 is 4.74 Å². The summed E-state index contributed by atoms with van der Waals surface area (Å²) in [7, 11) is 0. The Kier molecular flexibility index (Phi) is 8.59. The van der Waals surface area contributed by atoms with Gasteiger partial charge >= 0.3 is 18.3 Å². The lowest BCUT2D eigenvalue weighted by Crippen LogP contribution is -2.41. The normalized spacial score (nSPS) is 16.8. The molecule has 0 bridgehead atoms. The van der Waals surface area contributed by atoms with Crippen LogP contribution in [0.25, 0.3) is 6.08 Å². The molecule has 2 unspecified atom stereocenters. The molecule has 0 aromatic heterocycles. The zero-order chi connectivity index (χ0) is 25.8. The van der Waals surface area contributed by atoms with Gasteiger partial charge in [0.2, 0.25) is 12.4 Å². The largest absolute Gasteiger partial charge is 0.511 e. The van der Waals surface area contributed by atoms with Crippen LogP contribution in [0.1, 0.15) is 37.0 Å². The molecule has 0 saturated carbocycles. The summed E-state index contributed by atoms with van der Waals surface area (Å²) in [6.45, 7) is 5.30. The van der Waals surface area contributed by atoms with Crippen molar-refractivity contribution in [3.63, 3.8) is 0 Å². The average Bonchev–Trinajstić information content (AvgIpc) is 2.70. The summed E-state index contributed by atoms with van der Waals surface area (Å²) in [5.41, 5.74) is 0.224. The predicted molar refractivity (Wildman–Crippen MR) is 110 cm³/mol. The van der Waals surface area contributed by atoms with Crippen LogP contribution in [-0.4, -0.2) is 48.5 Å². The monoisotopic (exact) mass is 511 g/mol. The van der Waals surface area contributed by atoms with E-state index in [0.29, 0.717) is 16.1 Å². The Bertz CT molecular complexity index is 996. The third-order valence-electron chi connectivity index (χ3n) is 4.61. The standard InChI is InChI=1S/C20H21ClF3NO9/c1-9-7-15-13(11(3)16(9)21)8-14(17(34-15)20(22,23)24)18(26)32-12(4)33-19(27)31-10(2)5-6-30-25(28)29/h7-8,10,12,17H,5-6H2,1-4H3/t10-,12?,17?/m0/s1. The van der Waals surface area contributed by atoms with Crippen LogP contribution in [0.15, 0.2) is 11.6 Å². The number of aryl methyl sites for hydroxylation is 1. The van der Waals surface area contributed by atoms with Gasteiger partial charge in [0.1, 0.15) is 11.9 Å². The molecule has 0 saturated heterocycles. The number of alkyl halides is 3. The minimum absolute atomic E-state index is 0.0392. The summed E-state index contributed by atoms with van der Waals surface area (Å²) < 4.78 is 60.2. The number of benzene rings is 1. The van der Waals surface area contributed by atoms with Crippen LogP contribution in [0.3, 0.4) is 0 Å². The third-order valence-corrected chi connectivity index (χ3v) is 5.19. The van der Waals surface area contributed by atoms with Gasteiger partial charge in [-0.05, 0) is 44.0 Å². The highest BCUT2D eigenvalue weighted by Crippen LogP contribution is 2.41. The molecule has 0 aliphatic carbocycles. The van der Waals surface area contributed by atoms with E-state index in [1.807, 2.05) is 0 Å². The quantitative estimate of drug-likeness (QED) is 0.211. The van der Waals surface area contributed by atoms with Crippen molar-refractivity contribution in [1.29, 1.82) is 0 Å². The number of hydrogen-bond acceptors (Lipinski definition) is 9. The number of carbonyl (C=O) groups excluding carboxylic acids is 2. The summed E-state index contributed by atoms with van der Waals surface area (Å²) >= 11 is 6.16. The Balaban J connectivity index is 2.11. The molecule has 14 heteroatoms. The maximum atomic E-state index is 13.6. The molecule has 1 aromatic carbocycles. The number of carbonyl (C=O) groups is 2. The van der Waals surface area contributed by atoms with Gasteiger partial charge < -0.3 is 23.8 Å². The Hall–Kier alpha value is -3.22. The van der Waals surface area contributed by atoms with Crippen molar-refractivity contribution in [2.24, 2.45) is 0 Å². The van der Waals surface area contributed by atoms with Gasteiger partial charge in [0, 0.05) is 23.9 Å². The molecule has 1 aliphatic heterocycles. The fraction of sp³-hybridized carbons (Fsp3) is 0.500. The molecular weight excluding hydrogens is 491 g/mol. The van der Waals surface area contributed by atoms with Crippen molar-refractivity contribution in [2.45, 2.75) is 58.8 Å². The van der Waals surface area contributed by atoms with E-state index < -0.39 is 47.5 Å². The number of esters is 1. The van der Waals surface area contributed by atoms with Gasteiger partial charge in [0.15, 0.2) is 0 Å². The van der Waals surface area contributed by atoms with Crippen molar-refractivity contribution in [1.82, 2.24) is 0 Å². The Morgan fingerprint density at radius 3 is 2.47 bits per heavy atom. The first kappa shape index (κ1) is 27.0. The summed E-state index contributed by atoms with van der Waals surface area (Å²) in [5, 5.41) is 9.38. The lowest BCUT2D eigenvalue weighted by atomic mass is 9.96. The SMILES string of the molecule is Cc1cc2c(c(C)c1Cl)C=C(C(=O)OC(C)OC(=O)O[C@@H](C)CCO[N+](=O)[O-])C(C(F)(F)F)O2. The first-order chi connectivity index (χ1) is 15.7. The zero-order valence-electron chi connectivity index (χ0n) is 18.4. The van der Waals surface area contributed by atoms with Crippen LogP contribution in [0.4, 0.5) is 18.0 Å². The molecule has 0 N–H and O–H groups in total. The Labute approximate surface area is 196 Å². The fourth-order valence-corrected chi connectivity index (χ4v) is 3.12. The third kappa shape index (κ3) is 6.89. The second-order valence-electron chi connectivity index (χ2n) is 7.30. The summed E-state index contributed by atoms with van der Waals surface area (Å²) in [4.78, 5) is 38.5. The molecule has 0 spiro atoms.